The van der Waals surface area contributed by atoms with E-state index in [9.17, 15) is 9.59 Å². The van der Waals surface area contributed by atoms with Gasteiger partial charge in [0.2, 0.25) is 0 Å². The highest BCUT2D eigenvalue weighted by molar-refractivity contribution is 6.24. The zero-order valence-corrected chi connectivity index (χ0v) is 17.8. The summed E-state index contributed by atoms with van der Waals surface area (Å²) in [6.07, 6.45) is 1.89. The topological polar surface area (TPSA) is 70.2 Å². The standard InChI is InChI=1S/C26H27N3O2/c1-19(2)28-26(31)29-23-15-13-21(14-16-23)18-27-25(30)24(22-11-7-4-8-12-22)17-20-9-5-3-6-10-20/h3-17,19H,18H2,1-2H3,(H,27,30)(H2,28,29,31)/b24-17+. The average Bonchev–Trinajstić information content (AvgIpc) is 2.77. The molecule has 0 saturated carbocycles. The lowest BCUT2D eigenvalue weighted by atomic mass is 10.0. The van der Waals surface area contributed by atoms with E-state index in [4.69, 9.17) is 0 Å². The van der Waals surface area contributed by atoms with Crippen LogP contribution in [0.4, 0.5) is 10.5 Å². The predicted molar refractivity (Wildman–Crippen MR) is 126 cm³/mol. The second kappa shape index (κ2) is 10.8. The first kappa shape index (κ1) is 21.8. The molecule has 5 heteroatoms. The summed E-state index contributed by atoms with van der Waals surface area (Å²) in [5.41, 5.74) is 4.07. The maximum atomic E-state index is 13.0. The van der Waals surface area contributed by atoms with E-state index < -0.39 is 0 Å². The van der Waals surface area contributed by atoms with E-state index in [0.29, 0.717) is 17.8 Å². The molecular weight excluding hydrogens is 386 g/mol. The molecule has 0 spiro atoms. The van der Waals surface area contributed by atoms with Crippen LogP contribution in [0.15, 0.2) is 84.9 Å². The fourth-order valence-corrected chi connectivity index (χ4v) is 3.03. The fraction of sp³-hybridized carbons (Fsp3) is 0.154. The van der Waals surface area contributed by atoms with Gasteiger partial charge in [-0.25, -0.2) is 4.79 Å². The molecule has 3 rings (SSSR count). The normalized spacial score (nSPS) is 11.1. The number of carbonyl (C=O) groups excluding carboxylic acids is 2. The van der Waals surface area contributed by atoms with Gasteiger partial charge in [-0.3, -0.25) is 4.79 Å². The Labute approximate surface area is 183 Å². The van der Waals surface area contributed by atoms with Gasteiger partial charge in [0.15, 0.2) is 0 Å². The van der Waals surface area contributed by atoms with E-state index in [2.05, 4.69) is 16.0 Å². The Bertz CT molecular complexity index is 1030. The lowest BCUT2D eigenvalue weighted by molar-refractivity contribution is -0.115. The number of rotatable bonds is 7. The van der Waals surface area contributed by atoms with Crippen LogP contribution in [-0.2, 0) is 11.3 Å². The van der Waals surface area contributed by atoms with Crippen LogP contribution in [0.5, 0.6) is 0 Å². The van der Waals surface area contributed by atoms with Gasteiger partial charge in [0, 0.05) is 23.8 Å². The van der Waals surface area contributed by atoms with Crippen molar-refractivity contribution in [1.29, 1.82) is 0 Å². The van der Waals surface area contributed by atoms with Crippen LogP contribution < -0.4 is 16.0 Å². The fourth-order valence-electron chi connectivity index (χ4n) is 3.03. The van der Waals surface area contributed by atoms with Crippen molar-refractivity contribution in [3.05, 3.63) is 102 Å². The third-order valence-electron chi connectivity index (χ3n) is 4.52. The number of benzene rings is 3. The smallest absolute Gasteiger partial charge is 0.319 e. The van der Waals surface area contributed by atoms with Crippen molar-refractivity contribution >= 4 is 29.3 Å². The van der Waals surface area contributed by atoms with E-state index in [-0.39, 0.29) is 18.0 Å². The molecule has 5 nitrogen and oxygen atoms in total. The average molecular weight is 414 g/mol. The summed E-state index contributed by atoms with van der Waals surface area (Å²) < 4.78 is 0. The lowest BCUT2D eigenvalue weighted by Crippen LogP contribution is -2.34. The van der Waals surface area contributed by atoms with Crippen LogP contribution in [0.3, 0.4) is 0 Å². The van der Waals surface area contributed by atoms with Gasteiger partial charge >= 0.3 is 6.03 Å². The van der Waals surface area contributed by atoms with E-state index in [1.54, 1.807) is 0 Å². The quantitative estimate of drug-likeness (QED) is 0.374. The van der Waals surface area contributed by atoms with Gasteiger partial charge in [0.25, 0.3) is 5.91 Å². The van der Waals surface area contributed by atoms with Crippen molar-refractivity contribution in [3.8, 4) is 0 Å². The maximum Gasteiger partial charge on any atom is 0.319 e. The molecule has 3 N–H and O–H groups in total. The molecule has 0 aliphatic carbocycles. The number of nitrogens with one attached hydrogen (secondary N) is 3. The second-order valence-corrected chi connectivity index (χ2v) is 7.47. The van der Waals surface area contributed by atoms with E-state index in [1.165, 1.54) is 0 Å². The largest absolute Gasteiger partial charge is 0.348 e. The molecule has 0 aromatic heterocycles. The summed E-state index contributed by atoms with van der Waals surface area (Å²) >= 11 is 0. The molecule has 158 valence electrons. The molecule has 0 fully saturated rings. The molecule has 3 aromatic rings. The first-order chi connectivity index (χ1) is 15.0. The summed E-state index contributed by atoms with van der Waals surface area (Å²) in [7, 11) is 0. The van der Waals surface area contributed by atoms with Gasteiger partial charge in [-0.1, -0.05) is 72.8 Å². The van der Waals surface area contributed by atoms with Crippen molar-refractivity contribution < 1.29 is 9.59 Å². The summed E-state index contributed by atoms with van der Waals surface area (Å²) in [5.74, 6) is -0.145. The summed E-state index contributed by atoms with van der Waals surface area (Å²) in [6.45, 7) is 4.19. The molecule has 0 radical (unpaired) electrons. The lowest BCUT2D eigenvalue weighted by Gasteiger charge is -2.12. The van der Waals surface area contributed by atoms with Gasteiger partial charge in [-0.2, -0.15) is 0 Å². The van der Waals surface area contributed by atoms with E-state index in [1.807, 2.05) is 105 Å². The van der Waals surface area contributed by atoms with Crippen molar-refractivity contribution in [1.82, 2.24) is 10.6 Å². The number of anilines is 1. The molecular formula is C26H27N3O2. The maximum absolute atomic E-state index is 13.0. The Hall–Kier alpha value is -3.86. The van der Waals surface area contributed by atoms with E-state index in [0.717, 1.165) is 16.7 Å². The Morgan fingerprint density at radius 2 is 1.45 bits per heavy atom. The molecule has 3 aromatic carbocycles. The molecule has 0 bridgehead atoms. The van der Waals surface area contributed by atoms with Crippen LogP contribution >= 0.6 is 0 Å². The van der Waals surface area contributed by atoms with Gasteiger partial charge in [-0.05, 0) is 48.7 Å². The second-order valence-electron chi connectivity index (χ2n) is 7.47. The molecule has 0 heterocycles. The third-order valence-corrected chi connectivity index (χ3v) is 4.52. The Balaban J connectivity index is 1.67. The summed E-state index contributed by atoms with van der Waals surface area (Å²) in [5, 5.41) is 8.56. The van der Waals surface area contributed by atoms with Crippen molar-refractivity contribution in [2.24, 2.45) is 0 Å². The number of urea groups is 1. The third kappa shape index (κ3) is 6.85. The van der Waals surface area contributed by atoms with E-state index >= 15 is 0 Å². The van der Waals surface area contributed by atoms with Crippen LogP contribution in [-0.4, -0.2) is 18.0 Å². The molecule has 3 amide bonds. The number of hydrogen-bond donors (Lipinski definition) is 3. The SMILES string of the molecule is CC(C)NC(=O)Nc1ccc(CNC(=O)/C(=C/c2ccccc2)c2ccccc2)cc1. The number of hydrogen-bond acceptors (Lipinski definition) is 2. The number of amides is 3. The highest BCUT2D eigenvalue weighted by atomic mass is 16.2. The Kier molecular flexibility index (Phi) is 7.60. The summed E-state index contributed by atoms with van der Waals surface area (Å²) in [6, 6.07) is 26.6. The van der Waals surface area contributed by atoms with Gasteiger partial charge in [0.05, 0.1) is 0 Å². The minimum Gasteiger partial charge on any atom is -0.348 e. The van der Waals surface area contributed by atoms with Gasteiger partial charge in [-0.15, -0.1) is 0 Å². The van der Waals surface area contributed by atoms with Crippen LogP contribution in [0.25, 0.3) is 11.6 Å². The zero-order valence-electron chi connectivity index (χ0n) is 17.8. The van der Waals surface area contributed by atoms with Crippen LogP contribution in [0, 0.1) is 0 Å². The van der Waals surface area contributed by atoms with Crippen LogP contribution in [0.2, 0.25) is 0 Å². The summed E-state index contributed by atoms with van der Waals surface area (Å²) in [4.78, 5) is 24.8. The Morgan fingerprint density at radius 1 is 0.839 bits per heavy atom. The molecule has 0 aliphatic heterocycles. The van der Waals surface area contributed by atoms with Gasteiger partial charge in [0.1, 0.15) is 0 Å². The van der Waals surface area contributed by atoms with Crippen LogP contribution in [0.1, 0.15) is 30.5 Å². The number of carbonyl (C=O) groups is 2. The van der Waals surface area contributed by atoms with Crippen molar-refractivity contribution in [2.75, 3.05) is 5.32 Å². The van der Waals surface area contributed by atoms with Gasteiger partial charge < -0.3 is 16.0 Å². The Morgan fingerprint density at radius 3 is 2.06 bits per heavy atom. The highest BCUT2D eigenvalue weighted by Gasteiger charge is 2.12. The zero-order chi connectivity index (χ0) is 22.1. The minimum absolute atomic E-state index is 0.0669. The first-order valence-corrected chi connectivity index (χ1v) is 10.3. The molecule has 0 atom stereocenters. The molecule has 0 saturated heterocycles. The molecule has 0 aliphatic rings. The highest BCUT2D eigenvalue weighted by Crippen LogP contribution is 2.19. The van der Waals surface area contributed by atoms with Crippen molar-refractivity contribution in [2.45, 2.75) is 26.4 Å². The molecule has 31 heavy (non-hydrogen) atoms. The molecule has 0 unspecified atom stereocenters. The van der Waals surface area contributed by atoms with Crippen molar-refractivity contribution in [3.63, 3.8) is 0 Å². The first-order valence-electron chi connectivity index (χ1n) is 10.3. The minimum atomic E-state index is -0.241. The predicted octanol–water partition coefficient (Wildman–Crippen LogP) is 5.07. The monoisotopic (exact) mass is 413 g/mol.